The molecule has 1 amide bonds. The largest absolute Gasteiger partial charge is 0.302 e. The predicted octanol–water partition coefficient (Wildman–Crippen LogP) is 2.83. The molecular weight excluding hydrogens is 220 g/mol. The third-order valence-corrected chi connectivity index (χ3v) is 4.80. The molecule has 2 aliphatic carbocycles. The molecule has 3 atom stereocenters. The summed E-state index contributed by atoms with van der Waals surface area (Å²) >= 11 is 1.51. The molecule has 2 fully saturated rings. The van der Waals surface area contributed by atoms with Crippen LogP contribution in [0.4, 0.5) is 5.13 Å². The molecule has 0 aliphatic heterocycles. The van der Waals surface area contributed by atoms with Crippen LogP contribution in [0.25, 0.3) is 0 Å². The molecule has 0 aromatic carbocycles. The van der Waals surface area contributed by atoms with E-state index in [0.29, 0.717) is 5.92 Å². The topological polar surface area (TPSA) is 42.0 Å². The fraction of sp³-hybridized carbons (Fsp3) is 0.667. The second-order valence-corrected chi connectivity index (χ2v) is 5.92. The molecule has 3 nitrogen and oxygen atoms in total. The predicted molar refractivity (Wildman–Crippen MR) is 64.4 cm³/mol. The number of hydrogen-bond donors (Lipinski definition) is 1. The molecule has 1 heterocycles. The van der Waals surface area contributed by atoms with E-state index < -0.39 is 0 Å². The lowest BCUT2D eigenvalue weighted by Crippen LogP contribution is -2.27. The van der Waals surface area contributed by atoms with Gasteiger partial charge in [0.05, 0.1) is 5.69 Å². The Balaban J connectivity index is 1.65. The fourth-order valence-electron chi connectivity index (χ4n) is 3.18. The van der Waals surface area contributed by atoms with Crippen molar-refractivity contribution in [3.63, 3.8) is 0 Å². The van der Waals surface area contributed by atoms with E-state index in [1.807, 2.05) is 12.3 Å². The maximum Gasteiger partial charge on any atom is 0.229 e. The first-order valence-corrected chi connectivity index (χ1v) is 6.83. The SMILES string of the molecule is Cc1csc(NC(=O)[C@@H]2C[C@H]3CC[C@@H]2C3)n1. The van der Waals surface area contributed by atoms with Crippen molar-refractivity contribution in [2.24, 2.45) is 17.8 Å². The van der Waals surface area contributed by atoms with Crippen LogP contribution in [0, 0.1) is 24.7 Å². The summed E-state index contributed by atoms with van der Waals surface area (Å²) in [5.74, 6) is 1.91. The van der Waals surface area contributed by atoms with Crippen LogP contribution in [0.2, 0.25) is 0 Å². The molecule has 3 rings (SSSR count). The Hall–Kier alpha value is -0.900. The monoisotopic (exact) mass is 236 g/mol. The van der Waals surface area contributed by atoms with Crippen molar-refractivity contribution in [1.29, 1.82) is 0 Å². The summed E-state index contributed by atoms with van der Waals surface area (Å²) in [6, 6.07) is 0. The average Bonchev–Trinajstić information content (AvgIpc) is 2.93. The van der Waals surface area contributed by atoms with Gasteiger partial charge in [0.1, 0.15) is 0 Å². The van der Waals surface area contributed by atoms with Gasteiger partial charge in [0.2, 0.25) is 5.91 Å². The van der Waals surface area contributed by atoms with Gasteiger partial charge in [0, 0.05) is 11.3 Å². The molecule has 2 saturated carbocycles. The van der Waals surface area contributed by atoms with E-state index >= 15 is 0 Å². The Morgan fingerprint density at radius 1 is 1.50 bits per heavy atom. The molecule has 1 aromatic rings. The molecule has 1 N–H and O–H groups in total. The summed E-state index contributed by atoms with van der Waals surface area (Å²) in [5, 5.41) is 5.68. The molecule has 0 spiro atoms. The smallest absolute Gasteiger partial charge is 0.229 e. The fourth-order valence-corrected chi connectivity index (χ4v) is 3.87. The van der Waals surface area contributed by atoms with Gasteiger partial charge in [-0.3, -0.25) is 4.79 Å². The van der Waals surface area contributed by atoms with Gasteiger partial charge in [-0.1, -0.05) is 6.42 Å². The minimum Gasteiger partial charge on any atom is -0.302 e. The van der Waals surface area contributed by atoms with Crippen LogP contribution in [0.5, 0.6) is 0 Å². The molecule has 2 aliphatic rings. The van der Waals surface area contributed by atoms with Crippen molar-refractivity contribution < 1.29 is 4.79 Å². The summed E-state index contributed by atoms with van der Waals surface area (Å²) < 4.78 is 0. The maximum atomic E-state index is 12.1. The van der Waals surface area contributed by atoms with E-state index in [9.17, 15) is 4.79 Å². The van der Waals surface area contributed by atoms with Crippen molar-refractivity contribution in [3.8, 4) is 0 Å². The van der Waals surface area contributed by atoms with Crippen molar-refractivity contribution >= 4 is 22.4 Å². The van der Waals surface area contributed by atoms with E-state index in [4.69, 9.17) is 0 Å². The summed E-state index contributed by atoms with van der Waals surface area (Å²) in [5.41, 5.74) is 0.980. The van der Waals surface area contributed by atoms with E-state index in [0.717, 1.165) is 23.2 Å². The number of amides is 1. The lowest BCUT2D eigenvalue weighted by atomic mass is 9.88. The average molecular weight is 236 g/mol. The third-order valence-electron chi connectivity index (χ3n) is 3.92. The second-order valence-electron chi connectivity index (χ2n) is 5.06. The number of aromatic nitrogens is 1. The Bertz CT molecular complexity index is 415. The van der Waals surface area contributed by atoms with Crippen molar-refractivity contribution in [1.82, 2.24) is 4.98 Å². The van der Waals surface area contributed by atoms with Crippen molar-refractivity contribution in [3.05, 3.63) is 11.1 Å². The number of fused-ring (bicyclic) bond motifs is 2. The molecule has 16 heavy (non-hydrogen) atoms. The zero-order valence-electron chi connectivity index (χ0n) is 9.40. The van der Waals surface area contributed by atoms with Crippen LogP contribution < -0.4 is 5.32 Å². The highest BCUT2D eigenvalue weighted by Crippen LogP contribution is 2.48. The summed E-state index contributed by atoms with van der Waals surface area (Å²) in [7, 11) is 0. The van der Waals surface area contributed by atoms with Gasteiger partial charge in [0.25, 0.3) is 0 Å². The number of carbonyl (C=O) groups is 1. The highest BCUT2D eigenvalue weighted by atomic mass is 32.1. The first kappa shape index (κ1) is 10.3. The van der Waals surface area contributed by atoms with Crippen LogP contribution in [0.3, 0.4) is 0 Å². The van der Waals surface area contributed by atoms with Gasteiger partial charge in [0.15, 0.2) is 5.13 Å². The van der Waals surface area contributed by atoms with Crippen LogP contribution >= 0.6 is 11.3 Å². The summed E-state index contributed by atoms with van der Waals surface area (Å²) in [6.07, 6.45) is 4.96. The normalized spacial score (nSPS) is 31.9. The van der Waals surface area contributed by atoms with E-state index in [2.05, 4.69) is 10.3 Å². The number of nitrogens with one attached hydrogen (secondary N) is 1. The van der Waals surface area contributed by atoms with Gasteiger partial charge in [-0.05, 0) is 38.0 Å². The molecule has 0 saturated heterocycles. The van der Waals surface area contributed by atoms with E-state index in [-0.39, 0.29) is 11.8 Å². The van der Waals surface area contributed by atoms with Crippen LogP contribution in [-0.4, -0.2) is 10.9 Å². The quantitative estimate of drug-likeness (QED) is 0.858. The molecule has 0 radical (unpaired) electrons. The number of carbonyl (C=O) groups excluding carboxylic acids is 1. The Kier molecular flexibility index (Phi) is 2.46. The lowest BCUT2D eigenvalue weighted by molar-refractivity contribution is -0.121. The zero-order valence-corrected chi connectivity index (χ0v) is 10.2. The van der Waals surface area contributed by atoms with Crippen molar-refractivity contribution in [2.45, 2.75) is 32.6 Å². The standard InChI is InChI=1S/C12H16N2OS/c1-7-6-16-12(13-7)14-11(15)10-5-8-2-3-9(10)4-8/h6,8-10H,2-5H2,1H3,(H,13,14,15)/t8-,9+,10+/m0/s1. The van der Waals surface area contributed by atoms with E-state index in [1.165, 1.54) is 30.6 Å². The first-order chi connectivity index (χ1) is 7.72. The number of aryl methyl sites for hydroxylation is 1. The number of anilines is 1. The highest BCUT2D eigenvalue weighted by Gasteiger charge is 2.43. The van der Waals surface area contributed by atoms with Crippen LogP contribution in [-0.2, 0) is 4.79 Å². The summed E-state index contributed by atoms with van der Waals surface area (Å²) in [6.45, 7) is 1.95. The number of hydrogen-bond acceptors (Lipinski definition) is 3. The second kappa shape index (κ2) is 3.84. The Labute approximate surface area is 99.3 Å². The van der Waals surface area contributed by atoms with Gasteiger partial charge in [-0.15, -0.1) is 11.3 Å². The van der Waals surface area contributed by atoms with Crippen molar-refractivity contribution in [2.75, 3.05) is 5.32 Å². The molecule has 1 aromatic heterocycles. The minimum absolute atomic E-state index is 0.196. The van der Waals surface area contributed by atoms with Gasteiger partial charge in [-0.2, -0.15) is 0 Å². The summed E-state index contributed by atoms with van der Waals surface area (Å²) in [4.78, 5) is 16.3. The zero-order chi connectivity index (χ0) is 11.1. The van der Waals surface area contributed by atoms with Gasteiger partial charge in [-0.25, -0.2) is 4.98 Å². The molecule has 4 heteroatoms. The first-order valence-electron chi connectivity index (χ1n) is 5.95. The molecule has 2 bridgehead atoms. The van der Waals surface area contributed by atoms with Crippen LogP contribution in [0.15, 0.2) is 5.38 Å². The van der Waals surface area contributed by atoms with Gasteiger partial charge < -0.3 is 5.32 Å². The maximum absolute atomic E-state index is 12.1. The lowest BCUT2D eigenvalue weighted by Gasteiger charge is -2.19. The number of rotatable bonds is 2. The minimum atomic E-state index is 0.196. The molecule has 86 valence electrons. The Morgan fingerprint density at radius 2 is 2.38 bits per heavy atom. The molecular formula is C12H16N2OS. The number of thiazole rings is 1. The third kappa shape index (κ3) is 1.75. The highest BCUT2D eigenvalue weighted by molar-refractivity contribution is 7.13. The van der Waals surface area contributed by atoms with Crippen LogP contribution in [0.1, 0.15) is 31.4 Å². The van der Waals surface area contributed by atoms with Gasteiger partial charge >= 0.3 is 0 Å². The molecule has 0 unspecified atom stereocenters. The Morgan fingerprint density at radius 3 is 2.94 bits per heavy atom. The van der Waals surface area contributed by atoms with E-state index in [1.54, 1.807) is 0 Å². The number of nitrogens with zero attached hydrogens (tertiary/aromatic N) is 1.